The van der Waals surface area contributed by atoms with Gasteiger partial charge in [0, 0.05) is 0 Å². The van der Waals surface area contributed by atoms with Crippen LogP contribution in [0.3, 0.4) is 0 Å². The third kappa shape index (κ3) is 9.32. The van der Waals surface area contributed by atoms with Crippen molar-refractivity contribution >= 4 is 0 Å². The Morgan fingerprint density at radius 2 is 1.92 bits per heavy atom. The largest absolute Gasteiger partial charge is 2.00 e. The summed E-state index contributed by atoms with van der Waals surface area (Å²) >= 11 is 0. The average Bonchev–Trinajstić information content (AvgIpc) is 2.36. The van der Waals surface area contributed by atoms with E-state index in [1.54, 1.807) is 0 Å². The van der Waals surface area contributed by atoms with Crippen LogP contribution >= 0.6 is 0 Å². The summed E-state index contributed by atoms with van der Waals surface area (Å²) in [6.45, 7) is 11.6. The third-order valence-electron chi connectivity index (χ3n) is 1.30. The quantitative estimate of drug-likeness (QED) is 0.509. The summed E-state index contributed by atoms with van der Waals surface area (Å²) in [5.41, 5.74) is 3.56. The summed E-state index contributed by atoms with van der Waals surface area (Å²) < 4.78 is 0. The van der Waals surface area contributed by atoms with Crippen LogP contribution in [0, 0.1) is 26.8 Å². The topological polar surface area (TPSA) is 15.8 Å². The molecule has 1 heterocycles. The smallest absolute Gasteiger partial charge is 0.456 e. The van der Waals surface area contributed by atoms with Crippen LogP contribution in [0.1, 0.15) is 25.2 Å². The Morgan fingerprint density at radius 3 is 2.00 bits per heavy atom. The predicted molar refractivity (Wildman–Crippen MR) is 53.9 cm³/mol. The second-order valence-electron chi connectivity index (χ2n) is 3.00. The maximum atomic E-state index is 3.52. The van der Waals surface area contributed by atoms with Gasteiger partial charge in [0.05, 0.1) is 0 Å². The van der Waals surface area contributed by atoms with Crippen molar-refractivity contribution in [1.29, 1.82) is 0 Å². The zero-order chi connectivity index (χ0) is 9.56. The summed E-state index contributed by atoms with van der Waals surface area (Å²) in [7, 11) is 0. The minimum absolute atomic E-state index is 0. The number of hydrogen-bond acceptors (Lipinski definition) is 0. The van der Waals surface area contributed by atoms with E-state index >= 15 is 0 Å². The molecule has 0 saturated carbocycles. The van der Waals surface area contributed by atoms with Gasteiger partial charge in [-0.15, -0.1) is 19.5 Å². The van der Waals surface area contributed by atoms with Crippen molar-refractivity contribution in [2.45, 2.75) is 27.7 Å². The van der Waals surface area contributed by atoms with E-state index in [9.17, 15) is 0 Å². The normalized spacial score (nSPS) is 7.69. The van der Waals surface area contributed by atoms with E-state index in [0.29, 0.717) is 0 Å². The van der Waals surface area contributed by atoms with Gasteiger partial charge in [-0.2, -0.15) is 0 Å². The van der Waals surface area contributed by atoms with Crippen LogP contribution in [0.2, 0.25) is 0 Å². The molecular weight excluding hydrogens is 202 g/mol. The molecule has 1 aromatic rings. The van der Waals surface area contributed by atoms with Gasteiger partial charge in [-0.3, -0.25) is 0 Å². The molecule has 0 fully saturated rings. The molecule has 1 rings (SSSR count). The van der Waals surface area contributed by atoms with Crippen LogP contribution in [-0.4, -0.2) is 4.98 Å². The van der Waals surface area contributed by atoms with Gasteiger partial charge in [-0.25, -0.2) is 30.7 Å². The number of rotatable bonds is 0. The van der Waals surface area contributed by atoms with Gasteiger partial charge >= 0.3 is 17.1 Å². The van der Waals surface area contributed by atoms with Crippen molar-refractivity contribution in [3.05, 3.63) is 42.1 Å². The maximum absolute atomic E-state index is 3.52. The number of nitrogens with one attached hydrogen (secondary N) is 1. The number of aromatic nitrogens is 1. The molecule has 0 bridgehead atoms. The van der Waals surface area contributed by atoms with Gasteiger partial charge in [0.1, 0.15) is 0 Å². The van der Waals surface area contributed by atoms with Crippen molar-refractivity contribution in [2.75, 3.05) is 0 Å². The monoisotopic (exact) mass is 219 g/mol. The summed E-state index contributed by atoms with van der Waals surface area (Å²) in [6.07, 6.45) is 1.83. The van der Waals surface area contributed by atoms with Crippen molar-refractivity contribution in [2.24, 2.45) is 0 Å². The molecule has 74 valence electrons. The van der Waals surface area contributed by atoms with E-state index in [0.717, 1.165) is 5.69 Å². The molecule has 0 atom stereocenters. The number of aryl methyl sites for hydroxylation is 2. The van der Waals surface area contributed by atoms with E-state index in [-0.39, 0.29) is 17.1 Å². The number of allylic oxidation sites excluding steroid dienone is 2. The van der Waals surface area contributed by atoms with Gasteiger partial charge in [-0.1, -0.05) is 12.6 Å². The fraction of sp³-hybridized carbons (Fsp3) is 0.364. The molecule has 0 aliphatic rings. The molecule has 0 aromatic carbocycles. The molecule has 13 heavy (non-hydrogen) atoms. The summed E-state index contributed by atoms with van der Waals surface area (Å²) in [5.74, 6) is 0. The molecule has 0 aliphatic heterocycles. The first kappa shape index (κ1) is 14.9. The first-order valence-corrected chi connectivity index (χ1v) is 4.02. The Balaban J connectivity index is 0. The Hall–Kier alpha value is -0.591. The molecule has 0 aliphatic carbocycles. The molecule has 0 amide bonds. The van der Waals surface area contributed by atoms with E-state index in [2.05, 4.69) is 18.0 Å². The van der Waals surface area contributed by atoms with E-state index < -0.39 is 0 Å². The van der Waals surface area contributed by atoms with Gasteiger partial charge < -0.3 is 4.98 Å². The molecule has 1 nitrogen and oxygen atoms in total. The maximum Gasteiger partial charge on any atom is 2.00 e. The van der Waals surface area contributed by atoms with E-state index in [1.165, 1.54) is 11.3 Å². The van der Waals surface area contributed by atoms with Crippen LogP contribution in [0.25, 0.3) is 0 Å². The fourth-order valence-electron chi connectivity index (χ4n) is 0.584. The summed E-state index contributed by atoms with van der Waals surface area (Å²) in [6, 6.07) is 4.95. The standard InChI is InChI=1S/C6H8N.C5H9.Fe/c1-5-3-4-6(2)7-5;1-4-5(2)3;/h3,7H,1-2H3;4H,1H2,2-3H3;/q2*-1;+2. The Bertz CT molecular complexity index is 228. The minimum atomic E-state index is 0. The molecule has 0 radical (unpaired) electrons. The second kappa shape index (κ2) is 8.03. The molecule has 1 N–H and O–H groups in total. The Morgan fingerprint density at radius 1 is 1.46 bits per heavy atom. The molecule has 0 saturated heterocycles. The van der Waals surface area contributed by atoms with E-state index in [4.69, 9.17) is 0 Å². The fourth-order valence-corrected chi connectivity index (χ4v) is 0.584. The number of hydrogen-bond donors (Lipinski definition) is 1. The van der Waals surface area contributed by atoms with Crippen LogP contribution in [-0.2, 0) is 17.1 Å². The molecule has 1 aromatic heterocycles. The van der Waals surface area contributed by atoms with Crippen molar-refractivity contribution < 1.29 is 17.1 Å². The van der Waals surface area contributed by atoms with Gasteiger partial charge in [0.2, 0.25) is 0 Å². The van der Waals surface area contributed by atoms with Gasteiger partial charge in [0.25, 0.3) is 0 Å². The number of H-pyrrole nitrogens is 1. The summed E-state index contributed by atoms with van der Waals surface area (Å²) in [4.78, 5) is 3.08. The van der Waals surface area contributed by atoms with Gasteiger partial charge in [-0.05, 0) is 6.92 Å². The summed E-state index contributed by atoms with van der Waals surface area (Å²) in [5, 5.41) is 0. The van der Waals surface area contributed by atoms with Crippen molar-refractivity contribution in [3.8, 4) is 0 Å². The van der Waals surface area contributed by atoms with Crippen LogP contribution < -0.4 is 0 Å². The first-order valence-electron chi connectivity index (χ1n) is 4.02. The van der Waals surface area contributed by atoms with Crippen LogP contribution in [0.4, 0.5) is 0 Å². The first-order chi connectivity index (χ1) is 5.56. The molecule has 2 heteroatoms. The molecule has 0 spiro atoms. The van der Waals surface area contributed by atoms with Crippen LogP contribution in [0.15, 0.2) is 17.7 Å². The second-order valence-corrected chi connectivity index (χ2v) is 3.00. The van der Waals surface area contributed by atoms with E-state index in [1.807, 2.05) is 39.8 Å². The Kier molecular flexibility index (Phi) is 9.21. The average molecular weight is 219 g/mol. The van der Waals surface area contributed by atoms with Gasteiger partial charge in [0.15, 0.2) is 0 Å². The number of aromatic amines is 1. The molecule has 0 unspecified atom stereocenters. The SMILES string of the molecule is Cc1[c-]cc(C)[nH]1.[CH2-]C=C(C)C.[Fe+2]. The van der Waals surface area contributed by atoms with Crippen molar-refractivity contribution in [3.63, 3.8) is 0 Å². The zero-order valence-electron chi connectivity index (χ0n) is 8.72. The van der Waals surface area contributed by atoms with Crippen LogP contribution in [0.5, 0.6) is 0 Å². The predicted octanol–water partition coefficient (Wildman–Crippen LogP) is 3.22. The zero-order valence-corrected chi connectivity index (χ0v) is 9.82. The Labute approximate surface area is 92.1 Å². The van der Waals surface area contributed by atoms with Crippen molar-refractivity contribution in [1.82, 2.24) is 4.98 Å². The molecular formula is C11H17FeN. The third-order valence-corrected chi connectivity index (χ3v) is 1.30. The minimum Gasteiger partial charge on any atom is -0.456 e.